The Balaban J connectivity index is 1.34. The number of hydrogen-bond donors (Lipinski definition) is 2. The van der Waals surface area contributed by atoms with Crippen molar-refractivity contribution in [1.29, 1.82) is 0 Å². The Hall–Kier alpha value is -4.36. The predicted octanol–water partition coefficient (Wildman–Crippen LogP) is 5.49. The Labute approximate surface area is 202 Å². The van der Waals surface area contributed by atoms with Gasteiger partial charge in [0, 0.05) is 23.5 Å². The third-order valence-electron chi connectivity index (χ3n) is 6.31. The van der Waals surface area contributed by atoms with Crippen molar-refractivity contribution in [3.63, 3.8) is 0 Å². The number of aromatic nitrogens is 6. The minimum Gasteiger partial charge on any atom is -0.339 e. The van der Waals surface area contributed by atoms with Crippen LogP contribution in [0.4, 0.5) is 0 Å². The van der Waals surface area contributed by atoms with E-state index < -0.39 is 0 Å². The Morgan fingerprint density at radius 2 is 1.80 bits per heavy atom. The van der Waals surface area contributed by atoms with E-state index in [2.05, 4.69) is 69.8 Å². The van der Waals surface area contributed by atoms with Crippen LogP contribution < -0.4 is 5.32 Å². The first kappa shape index (κ1) is 21.2. The van der Waals surface area contributed by atoms with Gasteiger partial charge in [-0.1, -0.05) is 48.5 Å². The standard InChI is InChI=1S/C28H25N7/c1-18-7-5-12-24(32-18)28-27(21-13-14-26-30-17-31-35(26)16-21)33-25(34-28)15-29-19(2)22-11-6-9-20-8-3-4-10-23(20)22/h3-14,16-17,19,29H,15H2,1-2H3,(H,33,34). The van der Waals surface area contributed by atoms with Crippen LogP contribution in [-0.2, 0) is 6.54 Å². The Morgan fingerprint density at radius 1 is 0.943 bits per heavy atom. The van der Waals surface area contributed by atoms with E-state index in [0.717, 1.165) is 39.8 Å². The number of nitrogens with zero attached hydrogens (tertiary/aromatic N) is 5. The van der Waals surface area contributed by atoms with Crippen LogP contribution >= 0.6 is 0 Å². The largest absolute Gasteiger partial charge is 0.339 e. The van der Waals surface area contributed by atoms with Gasteiger partial charge in [-0.05, 0) is 54.4 Å². The quantitative estimate of drug-likeness (QED) is 0.344. The first-order valence-electron chi connectivity index (χ1n) is 11.7. The Kier molecular flexibility index (Phi) is 5.31. The molecule has 172 valence electrons. The number of aromatic amines is 1. The average molecular weight is 460 g/mol. The summed E-state index contributed by atoms with van der Waals surface area (Å²) < 4.78 is 1.76. The number of benzene rings is 2. The maximum atomic E-state index is 4.99. The molecule has 0 radical (unpaired) electrons. The molecule has 6 rings (SSSR count). The van der Waals surface area contributed by atoms with Gasteiger partial charge in [0.2, 0.25) is 0 Å². The number of nitrogens with one attached hydrogen (secondary N) is 2. The van der Waals surface area contributed by atoms with Crippen molar-refractivity contribution in [2.45, 2.75) is 26.4 Å². The summed E-state index contributed by atoms with van der Waals surface area (Å²) >= 11 is 0. The van der Waals surface area contributed by atoms with Gasteiger partial charge in [0.25, 0.3) is 0 Å². The molecule has 0 saturated carbocycles. The number of fused-ring (bicyclic) bond motifs is 2. The summed E-state index contributed by atoms with van der Waals surface area (Å²) in [7, 11) is 0. The number of pyridine rings is 2. The lowest BCUT2D eigenvalue weighted by atomic mass is 10.00. The molecule has 2 aromatic carbocycles. The molecule has 1 atom stereocenters. The van der Waals surface area contributed by atoms with Crippen LogP contribution in [0.2, 0.25) is 0 Å². The monoisotopic (exact) mass is 459 g/mol. The molecule has 0 spiro atoms. The second-order valence-corrected chi connectivity index (χ2v) is 8.72. The second kappa shape index (κ2) is 8.77. The van der Waals surface area contributed by atoms with Gasteiger partial charge in [-0.2, -0.15) is 5.10 Å². The molecule has 0 aliphatic rings. The molecule has 0 aliphatic carbocycles. The van der Waals surface area contributed by atoms with Crippen molar-refractivity contribution in [2.24, 2.45) is 0 Å². The van der Waals surface area contributed by atoms with Gasteiger partial charge in [0.15, 0.2) is 5.65 Å². The second-order valence-electron chi connectivity index (χ2n) is 8.72. The van der Waals surface area contributed by atoms with E-state index in [1.54, 1.807) is 10.8 Å². The van der Waals surface area contributed by atoms with Crippen LogP contribution in [0.3, 0.4) is 0 Å². The molecule has 0 bridgehead atoms. The normalized spacial score (nSPS) is 12.4. The third-order valence-corrected chi connectivity index (χ3v) is 6.31. The highest BCUT2D eigenvalue weighted by atomic mass is 15.3. The summed E-state index contributed by atoms with van der Waals surface area (Å²) in [6.45, 7) is 4.78. The molecule has 7 heteroatoms. The minimum atomic E-state index is 0.154. The zero-order valence-electron chi connectivity index (χ0n) is 19.6. The van der Waals surface area contributed by atoms with Crippen molar-refractivity contribution in [2.75, 3.05) is 0 Å². The predicted molar refractivity (Wildman–Crippen MR) is 138 cm³/mol. The molecule has 0 aliphatic heterocycles. The van der Waals surface area contributed by atoms with E-state index >= 15 is 0 Å². The fraction of sp³-hybridized carbons (Fsp3) is 0.143. The Morgan fingerprint density at radius 3 is 2.71 bits per heavy atom. The summed E-state index contributed by atoms with van der Waals surface area (Å²) in [6.07, 6.45) is 3.50. The molecular formula is C28H25N7. The van der Waals surface area contributed by atoms with E-state index in [4.69, 9.17) is 9.97 Å². The summed E-state index contributed by atoms with van der Waals surface area (Å²) in [5, 5.41) is 10.4. The van der Waals surface area contributed by atoms with E-state index in [0.29, 0.717) is 6.54 Å². The molecule has 6 aromatic rings. The van der Waals surface area contributed by atoms with Gasteiger partial charge >= 0.3 is 0 Å². The van der Waals surface area contributed by atoms with E-state index in [1.165, 1.54) is 16.3 Å². The zero-order chi connectivity index (χ0) is 23.8. The van der Waals surface area contributed by atoms with Crippen LogP contribution in [-0.4, -0.2) is 29.5 Å². The minimum absolute atomic E-state index is 0.154. The van der Waals surface area contributed by atoms with Gasteiger partial charge in [-0.3, -0.25) is 4.98 Å². The molecule has 4 aromatic heterocycles. The third kappa shape index (κ3) is 4.06. The zero-order valence-corrected chi connectivity index (χ0v) is 19.6. The van der Waals surface area contributed by atoms with Gasteiger partial charge in [-0.15, -0.1) is 0 Å². The maximum Gasteiger partial charge on any atom is 0.155 e. The highest BCUT2D eigenvalue weighted by Crippen LogP contribution is 2.30. The van der Waals surface area contributed by atoms with E-state index in [-0.39, 0.29) is 6.04 Å². The van der Waals surface area contributed by atoms with Crippen LogP contribution in [0.1, 0.15) is 30.0 Å². The lowest BCUT2D eigenvalue weighted by Gasteiger charge is -2.16. The molecular weight excluding hydrogens is 434 g/mol. The first-order valence-corrected chi connectivity index (χ1v) is 11.7. The van der Waals surface area contributed by atoms with Crippen molar-refractivity contribution >= 4 is 16.4 Å². The number of hydrogen-bond acceptors (Lipinski definition) is 5. The van der Waals surface area contributed by atoms with Crippen LogP contribution in [0.25, 0.3) is 39.1 Å². The molecule has 1 unspecified atom stereocenters. The molecule has 4 heterocycles. The topological polar surface area (TPSA) is 83.8 Å². The van der Waals surface area contributed by atoms with Gasteiger partial charge in [0.1, 0.15) is 12.2 Å². The van der Waals surface area contributed by atoms with Gasteiger partial charge in [0.05, 0.1) is 23.6 Å². The molecule has 0 saturated heterocycles. The van der Waals surface area contributed by atoms with Crippen molar-refractivity contribution in [3.8, 4) is 22.6 Å². The van der Waals surface area contributed by atoms with E-state index in [1.807, 2.05) is 43.5 Å². The van der Waals surface area contributed by atoms with Crippen LogP contribution in [0.15, 0.2) is 85.3 Å². The highest BCUT2D eigenvalue weighted by molar-refractivity contribution is 5.86. The summed E-state index contributed by atoms with van der Waals surface area (Å²) in [5.41, 5.74) is 6.57. The summed E-state index contributed by atoms with van der Waals surface area (Å²) in [5.74, 6) is 0.851. The maximum absolute atomic E-state index is 4.99. The van der Waals surface area contributed by atoms with Crippen molar-refractivity contribution in [1.82, 2.24) is 34.9 Å². The molecule has 0 fully saturated rings. The van der Waals surface area contributed by atoms with Crippen molar-refractivity contribution < 1.29 is 0 Å². The Bertz CT molecular complexity index is 1640. The molecule has 0 amide bonds. The highest BCUT2D eigenvalue weighted by Gasteiger charge is 2.17. The van der Waals surface area contributed by atoms with Crippen molar-refractivity contribution in [3.05, 3.63) is 102 Å². The fourth-order valence-corrected chi connectivity index (χ4v) is 4.53. The van der Waals surface area contributed by atoms with Crippen LogP contribution in [0.5, 0.6) is 0 Å². The molecule has 35 heavy (non-hydrogen) atoms. The number of H-pyrrole nitrogens is 1. The lowest BCUT2D eigenvalue weighted by Crippen LogP contribution is -2.19. The van der Waals surface area contributed by atoms with E-state index in [9.17, 15) is 0 Å². The summed E-state index contributed by atoms with van der Waals surface area (Å²) in [4.78, 5) is 17.5. The molecule has 2 N–H and O–H groups in total. The van der Waals surface area contributed by atoms with Gasteiger partial charge < -0.3 is 10.3 Å². The lowest BCUT2D eigenvalue weighted by molar-refractivity contribution is 0.565. The first-order chi connectivity index (χ1) is 17.2. The van der Waals surface area contributed by atoms with Crippen LogP contribution in [0, 0.1) is 6.92 Å². The SMILES string of the molecule is Cc1cccc(-c2[nH]c(CNC(C)c3cccc4ccccc34)nc2-c2ccc3ncnn3c2)n1. The number of imidazole rings is 1. The number of rotatable bonds is 6. The smallest absolute Gasteiger partial charge is 0.155 e. The fourth-order valence-electron chi connectivity index (χ4n) is 4.53. The summed E-state index contributed by atoms with van der Waals surface area (Å²) in [6, 6.07) is 25.1. The molecule has 7 nitrogen and oxygen atoms in total. The van der Waals surface area contributed by atoms with Gasteiger partial charge in [-0.25, -0.2) is 14.5 Å². The average Bonchev–Trinajstić information content (AvgIpc) is 3.53. The number of aryl methyl sites for hydroxylation is 1.